The summed E-state index contributed by atoms with van der Waals surface area (Å²) in [6, 6.07) is -0.585. The Kier molecular flexibility index (Phi) is 3.72. The van der Waals surface area contributed by atoms with Crippen LogP contribution in [0.1, 0.15) is 31.4 Å². The van der Waals surface area contributed by atoms with Gasteiger partial charge in [0.15, 0.2) is 10.7 Å². The van der Waals surface area contributed by atoms with Crippen molar-refractivity contribution in [3.63, 3.8) is 0 Å². The largest absolute Gasteiger partial charge is 0.479 e. The quantitative estimate of drug-likeness (QED) is 0.644. The molecule has 0 saturated heterocycles. The topological polar surface area (TPSA) is 112 Å². The molecule has 1 heterocycles. The lowest BCUT2D eigenvalue weighted by Crippen LogP contribution is -2.47. The lowest BCUT2D eigenvalue weighted by atomic mass is 10.1. The van der Waals surface area contributed by atoms with Crippen LogP contribution in [-0.2, 0) is 4.79 Å². The second-order valence-corrected chi connectivity index (χ2v) is 5.60. The number of carboxylic acid groups (broad SMARTS) is 1. The van der Waals surface area contributed by atoms with Crippen molar-refractivity contribution >= 4 is 28.5 Å². The van der Waals surface area contributed by atoms with Gasteiger partial charge < -0.3 is 15.5 Å². The molecule has 1 fully saturated rings. The number of thiazole rings is 1. The number of aromatic nitrogens is 1. The minimum absolute atomic E-state index is 0.380. The maximum atomic E-state index is 11.5. The van der Waals surface area contributed by atoms with Crippen LogP contribution < -0.4 is 10.6 Å². The average Bonchev–Trinajstić information content (AvgIpc) is 3.08. The molecule has 0 radical (unpaired) electrons. The number of carbonyl (C=O) groups is 2. The number of aliphatic hydroxyl groups is 1. The predicted octanol–water partition coefficient (Wildman–Crippen LogP) is 0.978. The van der Waals surface area contributed by atoms with Crippen molar-refractivity contribution in [2.75, 3.05) is 11.9 Å². The average molecular weight is 285 g/mol. The molecule has 0 aliphatic heterocycles. The SMILES string of the molecule is CC(O)(CNC(=O)Nc1nc(C2CC2)cs1)C(=O)O. The fourth-order valence-electron chi connectivity index (χ4n) is 1.38. The number of amides is 2. The molecule has 1 aromatic rings. The molecule has 2 rings (SSSR count). The molecule has 0 spiro atoms. The second kappa shape index (κ2) is 5.14. The standard InChI is InChI=1S/C11H15N3O4S/c1-11(18,8(15)16)5-12-9(17)14-10-13-7(4-19-10)6-2-3-6/h4,6,18H,2-3,5H2,1H3,(H,15,16)(H2,12,13,14,17). The van der Waals surface area contributed by atoms with Gasteiger partial charge in [-0.05, 0) is 19.8 Å². The molecule has 7 nitrogen and oxygen atoms in total. The zero-order valence-corrected chi connectivity index (χ0v) is 11.2. The lowest BCUT2D eigenvalue weighted by Gasteiger charge is -2.18. The van der Waals surface area contributed by atoms with E-state index in [1.165, 1.54) is 11.3 Å². The van der Waals surface area contributed by atoms with Crippen LogP contribution in [0.4, 0.5) is 9.93 Å². The van der Waals surface area contributed by atoms with Crippen LogP contribution in [-0.4, -0.2) is 39.3 Å². The molecule has 1 saturated carbocycles. The van der Waals surface area contributed by atoms with Crippen molar-refractivity contribution in [3.05, 3.63) is 11.1 Å². The van der Waals surface area contributed by atoms with E-state index in [1.54, 1.807) is 0 Å². The third kappa shape index (κ3) is 3.65. The Morgan fingerprint density at radius 2 is 2.26 bits per heavy atom. The van der Waals surface area contributed by atoms with Crippen molar-refractivity contribution in [2.24, 2.45) is 0 Å². The highest BCUT2D eigenvalue weighted by Crippen LogP contribution is 2.40. The summed E-state index contributed by atoms with van der Waals surface area (Å²) in [7, 11) is 0. The van der Waals surface area contributed by atoms with Gasteiger partial charge in [-0.2, -0.15) is 0 Å². The summed E-state index contributed by atoms with van der Waals surface area (Å²) >= 11 is 1.32. The van der Waals surface area contributed by atoms with Crippen molar-refractivity contribution in [2.45, 2.75) is 31.3 Å². The number of carboxylic acids is 1. The van der Waals surface area contributed by atoms with Crippen LogP contribution in [0.15, 0.2) is 5.38 Å². The van der Waals surface area contributed by atoms with Gasteiger partial charge in [-0.15, -0.1) is 11.3 Å². The van der Waals surface area contributed by atoms with Crippen LogP contribution in [0.25, 0.3) is 0 Å². The first-order chi connectivity index (χ1) is 8.88. The number of hydrogen-bond donors (Lipinski definition) is 4. The number of aliphatic carboxylic acids is 1. The Labute approximate surface area is 113 Å². The molecule has 2 amide bonds. The summed E-state index contributed by atoms with van der Waals surface area (Å²) in [5.74, 6) is -0.874. The molecule has 0 aromatic carbocycles. The highest BCUT2D eigenvalue weighted by atomic mass is 32.1. The number of anilines is 1. The molecule has 1 unspecified atom stereocenters. The highest BCUT2D eigenvalue weighted by Gasteiger charge is 2.30. The van der Waals surface area contributed by atoms with Gasteiger partial charge in [-0.1, -0.05) is 0 Å². The van der Waals surface area contributed by atoms with E-state index >= 15 is 0 Å². The fraction of sp³-hybridized carbons (Fsp3) is 0.545. The maximum absolute atomic E-state index is 11.5. The zero-order chi connectivity index (χ0) is 14.0. The number of nitrogens with one attached hydrogen (secondary N) is 2. The second-order valence-electron chi connectivity index (χ2n) is 4.74. The molecule has 8 heteroatoms. The smallest absolute Gasteiger partial charge is 0.337 e. The van der Waals surface area contributed by atoms with E-state index in [0.717, 1.165) is 25.5 Å². The van der Waals surface area contributed by atoms with E-state index < -0.39 is 17.6 Å². The number of nitrogens with zero attached hydrogens (tertiary/aromatic N) is 1. The van der Waals surface area contributed by atoms with Crippen LogP contribution in [0.2, 0.25) is 0 Å². The highest BCUT2D eigenvalue weighted by molar-refractivity contribution is 7.13. The number of carbonyl (C=O) groups excluding carboxylic acids is 1. The van der Waals surface area contributed by atoms with E-state index in [4.69, 9.17) is 5.11 Å². The number of urea groups is 1. The summed E-state index contributed by atoms with van der Waals surface area (Å²) in [6.45, 7) is 0.735. The molecule has 1 aliphatic rings. The van der Waals surface area contributed by atoms with Crippen molar-refractivity contribution in [3.8, 4) is 0 Å². The summed E-state index contributed by atoms with van der Waals surface area (Å²) in [5, 5.41) is 25.3. The van der Waals surface area contributed by atoms with E-state index in [0.29, 0.717) is 11.0 Å². The van der Waals surface area contributed by atoms with Gasteiger partial charge in [-0.25, -0.2) is 14.6 Å². The lowest BCUT2D eigenvalue weighted by molar-refractivity contribution is -0.155. The van der Waals surface area contributed by atoms with Crippen molar-refractivity contribution in [1.82, 2.24) is 10.3 Å². The van der Waals surface area contributed by atoms with Gasteiger partial charge >= 0.3 is 12.0 Å². The maximum Gasteiger partial charge on any atom is 0.337 e. The predicted molar refractivity (Wildman–Crippen MR) is 69.4 cm³/mol. The molecule has 104 valence electrons. The normalized spacial score (nSPS) is 17.6. The minimum atomic E-state index is -1.99. The van der Waals surface area contributed by atoms with Gasteiger partial charge in [-0.3, -0.25) is 5.32 Å². The van der Waals surface area contributed by atoms with Gasteiger partial charge in [0.05, 0.1) is 12.2 Å². The van der Waals surface area contributed by atoms with E-state index in [2.05, 4.69) is 15.6 Å². The van der Waals surface area contributed by atoms with Crippen LogP contribution in [0.5, 0.6) is 0 Å². The van der Waals surface area contributed by atoms with Gasteiger partial charge in [0.25, 0.3) is 0 Å². The minimum Gasteiger partial charge on any atom is -0.479 e. The van der Waals surface area contributed by atoms with Gasteiger partial charge in [0.1, 0.15) is 0 Å². The van der Waals surface area contributed by atoms with E-state index in [9.17, 15) is 14.7 Å². The van der Waals surface area contributed by atoms with Crippen molar-refractivity contribution < 1.29 is 19.8 Å². The molecule has 1 aromatic heterocycles. The third-order valence-electron chi connectivity index (χ3n) is 2.79. The monoisotopic (exact) mass is 285 g/mol. The summed E-state index contributed by atoms with van der Waals surface area (Å²) < 4.78 is 0. The molecule has 1 aliphatic carbocycles. The fourth-order valence-corrected chi connectivity index (χ4v) is 2.17. The summed E-state index contributed by atoms with van der Waals surface area (Å²) in [5.41, 5.74) is -1.00. The van der Waals surface area contributed by atoms with E-state index in [-0.39, 0.29) is 6.54 Å². The number of hydrogen-bond acceptors (Lipinski definition) is 5. The van der Waals surface area contributed by atoms with Crippen molar-refractivity contribution in [1.29, 1.82) is 0 Å². The molecular formula is C11H15N3O4S. The van der Waals surface area contributed by atoms with Crippen LogP contribution in [0.3, 0.4) is 0 Å². The number of rotatable bonds is 5. The molecule has 1 atom stereocenters. The summed E-state index contributed by atoms with van der Waals surface area (Å²) in [6.07, 6.45) is 2.27. The first kappa shape index (κ1) is 13.8. The summed E-state index contributed by atoms with van der Waals surface area (Å²) in [4.78, 5) is 26.4. The van der Waals surface area contributed by atoms with Crippen LogP contribution >= 0.6 is 11.3 Å². The zero-order valence-electron chi connectivity index (χ0n) is 10.3. The Bertz CT molecular complexity index is 496. The van der Waals surface area contributed by atoms with E-state index in [1.807, 2.05) is 5.38 Å². The Hall–Kier alpha value is -1.67. The molecule has 19 heavy (non-hydrogen) atoms. The van der Waals surface area contributed by atoms with Gasteiger partial charge in [0, 0.05) is 11.3 Å². The molecular weight excluding hydrogens is 270 g/mol. The molecule has 4 N–H and O–H groups in total. The molecule has 0 bridgehead atoms. The van der Waals surface area contributed by atoms with Crippen LogP contribution in [0, 0.1) is 0 Å². The Morgan fingerprint density at radius 1 is 1.58 bits per heavy atom. The van der Waals surface area contributed by atoms with Gasteiger partial charge in [0.2, 0.25) is 0 Å². The Balaban J connectivity index is 1.81. The first-order valence-electron chi connectivity index (χ1n) is 5.84. The Morgan fingerprint density at radius 3 is 2.84 bits per heavy atom. The first-order valence-corrected chi connectivity index (χ1v) is 6.72. The third-order valence-corrected chi connectivity index (χ3v) is 3.57.